The number of hydrogen-bond acceptors (Lipinski definition) is 4. The highest BCUT2D eigenvalue weighted by Crippen LogP contribution is 2.17. The lowest BCUT2D eigenvalue weighted by atomic mass is 10.1. The highest BCUT2D eigenvalue weighted by atomic mass is 35.5. The van der Waals surface area contributed by atoms with Gasteiger partial charge in [0.2, 0.25) is 0 Å². The first-order valence-corrected chi connectivity index (χ1v) is 10.2. The molecule has 1 aromatic rings. The van der Waals surface area contributed by atoms with Crippen LogP contribution in [0, 0.1) is 0 Å². The van der Waals surface area contributed by atoms with Crippen molar-refractivity contribution in [1.82, 2.24) is 0 Å². The zero-order valence-corrected chi connectivity index (χ0v) is 16.7. The van der Waals surface area contributed by atoms with Gasteiger partial charge in [-0.05, 0) is 31.0 Å². The second kappa shape index (κ2) is 14.9. The van der Waals surface area contributed by atoms with Crippen LogP contribution in [0.5, 0.6) is 5.75 Å². The minimum absolute atomic E-state index is 0.00630. The molecule has 0 aliphatic heterocycles. The number of rotatable bonds is 14. The zero-order valence-electron chi connectivity index (χ0n) is 15.2. The normalized spacial score (nSPS) is 10.5. The van der Waals surface area contributed by atoms with E-state index in [1.54, 1.807) is 24.3 Å². The van der Waals surface area contributed by atoms with Crippen LogP contribution >= 0.6 is 23.2 Å². The third kappa shape index (κ3) is 12.2. The summed E-state index contributed by atoms with van der Waals surface area (Å²) in [6, 6.07) is 6.58. The van der Waals surface area contributed by atoms with Crippen LogP contribution in [0.3, 0.4) is 0 Å². The fourth-order valence-electron chi connectivity index (χ4n) is 2.43. The summed E-state index contributed by atoms with van der Waals surface area (Å²) in [6.07, 6.45) is 9.10. The lowest BCUT2D eigenvalue weighted by molar-refractivity contribution is -0.147. The Kier molecular flexibility index (Phi) is 13.0. The molecule has 0 bridgehead atoms. The van der Waals surface area contributed by atoms with Crippen LogP contribution in [0.2, 0.25) is 5.02 Å². The average molecular weight is 403 g/mol. The summed E-state index contributed by atoms with van der Waals surface area (Å²) in [5.74, 6) is 0.287. The van der Waals surface area contributed by atoms with Crippen LogP contribution in [0.1, 0.15) is 64.2 Å². The molecule has 146 valence electrons. The van der Waals surface area contributed by atoms with E-state index in [1.807, 2.05) is 0 Å². The average Bonchev–Trinajstić information content (AvgIpc) is 2.61. The molecule has 0 fully saturated rings. The molecule has 4 nitrogen and oxygen atoms in total. The van der Waals surface area contributed by atoms with Crippen molar-refractivity contribution in [3.63, 3.8) is 0 Å². The molecular formula is C20H28Cl2O4. The van der Waals surface area contributed by atoms with Gasteiger partial charge in [-0.2, -0.15) is 0 Å². The lowest BCUT2D eigenvalue weighted by Crippen LogP contribution is -2.12. The van der Waals surface area contributed by atoms with Crippen molar-refractivity contribution in [2.24, 2.45) is 0 Å². The minimum Gasteiger partial charge on any atom is -0.466 e. The number of carbonyl (C=O) groups is 2. The summed E-state index contributed by atoms with van der Waals surface area (Å²) < 4.78 is 10.3. The van der Waals surface area contributed by atoms with Gasteiger partial charge in [-0.25, -0.2) is 0 Å². The molecule has 1 aromatic carbocycles. The van der Waals surface area contributed by atoms with E-state index in [0.29, 0.717) is 17.4 Å². The molecule has 6 heteroatoms. The Bertz CT molecular complexity index is 534. The molecule has 0 saturated carbocycles. The number of ether oxygens (including phenoxy) is 2. The highest BCUT2D eigenvalue weighted by Gasteiger charge is 2.10. The van der Waals surface area contributed by atoms with E-state index in [0.717, 1.165) is 31.6 Å². The summed E-state index contributed by atoms with van der Waals surface area (Å²) in [7, 11) is 0. The number of carbonyl (C=O) groups excluding carboxylic acids is 2. The van der Waals surface area contributed by atoms with Crippen molar-refractivity contribution in [3.05, 3.63) is 29.3 Å². The number of esters is 2. The molecule has 1 rings (SSSR count). The molecule has 0 radical (unpaired) electrons. The van der Waals surface area contributed by atoms with Crippen molar-refractivity contribution in [1.29, 1.82) is 0 Å². The van der Waals surface area contributed by atoms with Gasteiger partial charge in [0, 0.05) is 10.9 Å². The second-order valence-corrected chi connectivity index (χ2v) is 6.98. The number of unbranched alkanes of at least 4 members (excludes halogenated alkanes) is 7. The maximum atomic E-state index is 11.7. The molecule has 0 spiro atoms. The molecule has 0 aliphatic rings. The Morgan fingerprint density at radius 1 is 0.846 bits per heavy atom. The first-order valence-electron chi connectivity index (χ1n) is 9.29. The predicted molar refractivity (Wildman–Crippen MR) is 105 cm³/mol. The summed E-state index contributed by atoms with van der Waals surface area (Å²) in [6.45, 7) is 0.411. The fraction of sp³-hybridized carbons (Fsp3) is 0.600. The van der Waals surface area contributed by atoms with E-state index in [-0.39, 0.29) is 18.8 Å². The molecule has 0 saturated heterocycles. The molecule has 0 aliphatic carbocycles. The lowest BCUT2D eigenvalue weighted by Gasteiger charge is -2.06. The van der Waals surface area contributed by atoms with Crippen LogP contribution in [0.15, 0.2) is 24.3 Å². The van der Waals surface area contributed by atoms with Gasteiger partial charge >= 0.3 is 11.9 Å². The zero-order chi connectivity index (χ0) is 19.0. The quantitative estimate of drug-likeness (QED) is 0.167. The van der Waals surface area contributed by atoms with Crippen molar-refractivity contribution >= 4 is 35.1 Å². The van der Waals surface area contributed by atoms with Crippen molar-refractivity contribution in [2.45, 2.75) is 64.2 Å². The Morgan fingerprint density at radius 3 is 2.12 bits per heavy atom. The van der Waals surface area contributed by atoms with E-state index < -0.39 is 5.97 Å². The monoisotopic (exact) mass is 402 g/mol. The summed E-state index contributed by atoms with van der Waals surface area (Å²) in [4.78, 5) is 23.3. The predicted octanol–water partition coefficient (Wildman–Crippen LogP) is 5.93. The molecule has 0 unspecified atom stereocenters. The summed E-state index contributed by atoms with van der Waals surface area (Å²) in [5, 5.41) is 0.491. The molecule has 0 heterocycles. The van der Waals surface area contributed by atoms with E-state index in [4.69, 9.17) is 32.7 Å². The first kappa shape index (κ1) is 22.8. The van der Waals surface area contributed by atoms with Crippen LogP contribution in [0.4, 0.5) is 0 Å². The Morgan fingerprint density at radius 2 is 1.46 bits per heavy atom. The van der Waals surface area contributed by atoms with Gasteiger partial charge in [-0.15, -0.1) is 11.6 Å². The van der Waals surface area contributed by atoms with E-state index in [9.17, 15) is 9.59 Å². The minimum atomic E-state index is -0.474. The first-order chi connectivity index (χ1) is 12.6. The van der Waals surface area contributed by atoms with E-state index in [2.05, 4.69) is 0 Å². The standard InChI is InChI=1S/C20H28Cl2O4/c21-14-7-5-3-1-2-4-6-8-15-25-19(23)12-13-20(24)26-18-11-9-10-17(22)16-18/h9-11,16H,1-8,12-15H2. The molecule has 0 N–H and O–H groups in total. The maximum Gasteiger partial charge on any atom is 0.311 e. The Hall–Kier alpha value is -1.26. The van der Waals surface area contributed by atoms with Gasteiger partial charge in [0.25, 0.3) is 0 Å². The Labute approximate surface area is 166 Å². The van der Waals surface area contributed by atoms with Crippen molar-refractivity contribution < 1.29 is 19.1 Å². The Balaban J connectivity index is 1.97. The van der Waals surface area contributed by atoms with Gasteiger partial charge in [-0.1, -0.05) is 56.2 Å². The smallest absolute Gasteiger partial charge is 0.311 e. The highest BCUT2D eigenvalue weighted by molar-refractivity contribution is 6.30. The van der Waals surface area contributed by atoms with Gasteiger partial charge in [0.05, 0.1) is 19.4 Å². The summed E-state index contributed by atoms with van der Waals surface area (Å²) in [5.41, 5.74) is 0. The molecular weight excluding hydrogens is 375 g/mol. The van der Waals surface area contributed by atoms with Crippen molar-refractivity contribution in [3.8, 4) is 5.75 Å². The number of hydrogen-bond donors (Lipinski definition) is 0. The topological polar surface area (TPSA) is 52.6 Å². The van der Waals surface area contributed by atoms with Gasteiger partial charge in [-0.3, -0.25) is 9.59 Å². The molecule has 0 aromatic heterocycles. The largest absolute Gasteiger partial charge is 0.466 e. The van der Waals surface area contributed by atoms with Crippen LogP contribution < -0.4 is 4.74 Å². The summed E-state index contributed by atoms with van der Waals surface area (Å²) >= 11 is 11.5. The molecule has 0 atom stereocenters. The van der Waals surface area contributed by atoms with Crippen LogP contribution in [0.25, 0.3) is 0 Å². The van der Waals surface area contributed by atoms with Gasteiger partial charge in [0.1, 0.15) is 5.75 Å². The second-order valence-electron chi connectivity index (χ2n) is 6.17. The molecule has 0 amide bonds. The van der Waals surface area contributed by atoms with Crippen molar-refractivity contribution in [2.75, 3.05) is 12.5 Å². The van der Waals surface area contributed by atoms with Crippen LogP contribution in [-0.4, -0.2) is 24.4 Å². The van der Waals surface area contributed by atoms with Gasteiger partial charge < -0.3 is 9.47 Å². The number of halogens is 2. The maximum absolute atomic E-state index is 11.7. The third-order valence-electron chi connectivity index (χ3n) is 3.85. The number of benzene rings is 1. The van der Waals surface area contributed by atoms with E-state index in [1.165, 1.54) is 25.7 Å². The number of alkyl halides is 1. The van der Waals surface area contributed by atoms with Crippen LogP contribution in [-0.2, 0) is 14.3 Å². The molecule has 26 heavy (non-hydrogen) atoms. The third-order valence-corrected chi connectivity index (χ3v) is 4.35. The fourth-order valence-corrected chi connectivity index (χ4v) is 2.80. The van der Waals surface area contributed by atoms with E-state index >= 15 is 0 Å². The van der Waals surface area contributed by atoms with Gasteiger partial charge in [0.15, 0.2) is 0 Å². The SMILES string of the molecule is O=C(CCC(=O)Oc1cccc(Cl)c1)OCCCCCCCCCCCl.